The number of nitrogens with zero attached hydrogens (tertiary/aromatic N) is 1. The van der Waals surface area contributed by atoms with Gasteiger partial charge in [0.2, 0.25) is 11.8 Å². The molecule has 36 heavy (non-hydrogen) atoms. The van der Waals surface area contributed by atoms with Crippen molar-refractivity contribution in [1.82, 2.24) is 5.43 Å². The Morgan fingerprint density at radius 3 is 2.47 bits per heavy atom. The van der Waals surface area contributed by atoms with Crippen molar-refractivity contribution in [3.05, 3.63) is 78.1 Å². The van der Waals surface area contributed by atoms with Gasteiger partial charge in [0, 0.05) is 24.7 Å². The molecule has 9 heteroatoms. The van der Waals surface area contributed by atoms with Gasteiger partial charge >= 0.3 is 0 Å². The van der Waals surface area contributed by atoms with E-state index < -0.39 is 5.92 Å². The summed E-state index contributed by atoms with van der Waals surface area (Å²) in [7, 11) is 1.52. The molecule has 1 aliphatic heterocycles. The summed E-state index contributed by atoms with van der Waals surface area (Å²) >= 11 is 0. The minimum Gasteiger partial charge on any atom is -0.494 e. The number of benzene rings is 3. The minimum atomic E-state index is -0.489. The van der Waals surface area contributed by atoms with E-state index in [1.165, 1.54) is 19.2 Å². The van der Waals surface area contributed by atoms with Gasteiger partial charge in [-0.05, 0) is 61.0 Å². The van der Waals surface area contributed by atoms with Gasteiger partial charge in [-0.15, -0.1) is 0 Å². The van der Waals surface area contributed by atoms with E-state index in [1.807, 2.05) is 31.2 Å². The Morgan fingerprint density at radius 1 is 1.03 bits per heavy atom. The van der Waals surface area contributed by atoms with E-state index in [2.05, 4.69) is 10.9 Å². The summed E-state index contributed by atoms with van der Waals surface area (Å²) in [6.45, 7) is 3.01. The standard InChI is InChI=1S/C27H28FN3O5/c1-3-35-23-11-9-22(10-12-23)31-16-19(14-26(31)32)27(33)30-29-21-8-13-24(25(15-21)34-2)36-17-18-4-6-20(28)7-5-18/h4-13,15,19,29H,3,14,16-17H2,1-2H3,(H,30,33)/t19-/m0/s1. The fourth-order valence-corrected chi connectivity index (χ4v) is 3.86. The molecular weight excluding hydrogens is 465 g/mol. The van der Waals surface area contributed by atoms with Crippen LogP contribution in [0.3, 0.4) is 0 Å². The van der Waals surface area contributed by atoms with Crippen LogP contribution in [0, 0.1) is 11.7 Å². The number of hydrogen-bond acceptors (Lipinski definition) is 6. The maximum atomic E-state index is 13.1. The molecule has 1 atom stereocenters. The molecule has 2 N–H and O–H groups in total. The maximum Gasteiger partial charge on any atom is 0.243 e. The lowest BCUT2D eigenvalue weighted by Crippen LogP contribution is -2.36. The Bertz CT molecular complexity index is 1200. The molecule has 4 rings (SSSR count). The number of carbonyl (C=O) groups excluding carboxylic acids is 2. The van der Waals surface area contributed by atoms with Crippen molar-refractivity contribution in [2.24, 2.45) is 5.92 Å². The largest absolute Gasteiger partial charge is 0.494 e. The molecule has 188 valence electrons. The van der Waals surface area contributed by atoms with Crippen LogP contribution in [-0.2, 0) is 16.2 Å². The van der Waals surface area contributed by atoms with Crippen molar-refractivity contribution in [2.45, 2.75) is 20.0 Å². The van der Waals surface area contributed by atoms with E-state index in [9.17, 15) is 14.0 Å². The molecule has 0 aromatic heterocycles. The van der Waals surface area contributed by atoms with E-state index in [1.54, 1.807) is 35.2 Å². The lowest BCUT2D eigenvalue weighted by atomic mass is 10.1. The molecule has 1 aliphatic rings. The Morgan fingerprint density at radius 2 is 1.78 bits per heavy atom. The summed E-state index contributed by atoms with van der Waals surface area (Å²) in [5.74, 6) is 0.515. The topological polar surface area (TPSA) is 89.1 Å². The second-order valence-electron chi connectivity index (χ2n) is 8.23. The van der Waals surface area contributed by atoms with E-state index in [-0.39, 0.29) is 30.7 Å². The molecule has 0 bridgehead atoms. The van der Waals surface area contributed by atoms with Gasteiger partial charge in [-0.2, -0.15) is 0 Å². The Kier molecular flexibility index (Phi) is 7.89. The van der Waals surface area contributed by atoms with E-state index in [0.29, 0.717) is 30.3 Å². The highest BCUT2D eigenvalue weighted by atomic mass is 19.1. The van der Waals surface area contributed by atoms with Crippen LogP contribution >= 0.6 is 0 Å². The van der Waals surface area contributed by atoms with Crippen molar-refractivity contribution in [2.75, 3.05) is 30.6 Å². The average Bonchev–Trinajstić information content (AvgIpc) is 3.29. The van der Waals surface area contributed by atoms with Crippen LogP contribution in [0.1, 0.15) is 18.9 Å². The zero-order valence-corrected chi connectivity index (χ0v) is 20.1. The number of anilines is 2. The fourth-order valence-electron chi connectivity index (χ4n) is 3.86. The van der Waals surface area contributed by atoms with Crippen molar-refractivity contribution in [3.63, 3.8) is 0 Å². The molecule has 1 fully saturated rings. The number of hydrazine groups is 1. The van der Waals surface area contributed by atoms with Crippen molar-refractivity contribution < 1.29 is 28.2 Å². The van der Waals surface area contributed by atoms with Gasteiger partial charge in [0.15, 0.2) is 11.5 Å². The minimum absolute atomic E-state index is 0.108. The van der Waals surface area contributed by atoms with E-state index in [0.717, 1.165) is 17.0 Å². The molecule has 0 spiro atoms. The number of methoxy groups -OCH3 is 1. The van der Waals surface area contributed by atoms with E-state index in [4.69, 9.17) is 14.2 Å². The fraction of sp³-hybridized carbons (Fsp3) is 0.259. The number of amides is 2. The summed E-state index contributed by atoms with van der Waals surface area (Å²) < 4.78 is 29.7. The molecule has 1 heterocycles. The van der Waals surface area contributed by atoms with Crippen molar-refractivity contribution >= 4 is 23.2 Å². The average molecular weight is 494 g/mol. The Labute approximate surface area is 208 Å². The highest BCUT2D eigenvalue weighted by Gasteiger charge is 2.35. The zero-order valence-electron chi connectivity index (χ0n) is 20.1. The molecule has 3 aromatic carbocycles. The van der Waals surface area contributed by atoms with E-state index >= 15 is 0 Å². The van der Waals surface area contributed by atoms with Gasteiger partial charge in [-0.1, -0.05) is 12.1 Å². The number of halogens is 1. The predicted molar refractivity (Wildman–Crippen MR) is 134 cm³/mol. The molecular formula is C27H28FN3O5. The highest BCUT2D eigenvalue weighted by molar-refractivity contribution is 6.00. The van der Waals surface area contributed by atoms with Gasteiger partial charge in [-0.25, -0.2) is 4.39 Å². The molecule has 3 aromatic rings. The van der Waals surface area contributed by atoms with Crippen LogP contribution in [0.5, 0.6) is 17.2 Å². The lowest BCUT2D eigenvalue weighted by molar-refractivity contribution is -0.125. The van der Waals surface area contributed by atoms with Crippen LogP contribution < -0.4 is 30.0 Å². The van der Waals surface area contributed by atoms with Gasteiger partial charge in [0.05, 0.1) is 25.3 Å². The first-order valence-electron chi connectivity index (χ1n) is 11.6. The second-order valence-corrected chi connectivity index (χ2v) is 8.23. The van der Waals surface area contributed by atoms with Gasteiger partial charge in [-0.3, -0.25) is 20.4 Å². The Hall–Kier alpha value is -4.27. The number of nitrogens with one attached hydrogen (secondary N) is 2. The number of ether oxygens (including phenoxy) is 3. The van der Waals surface area contributed by atoms with Crippen LogP contribution in [0.25, 0.3) is 0 Å². The molecule has 0 saturated carbocycles. The quantitative estimate of drug-likeness (QED) is 0.409. The van der Waals surface area contributed by atoms with Gasteiger partial charge < -0.3 is 19.1 Å². The van der Waals surface area contributed by atoms with Crippen LogP contribution in [0.15, 0.2) is 66.7 Å². The van der Waals surface area contributed by atoms with Gasteiger partial charge in [0.25, 0.3) is 0 Å². The summed E-state index contributed by atoms with van der Waals surface area (Å²) in [4.78, 5) is 26.9. The molecule has 8 nitrogen and oxygen atoms in total. The number of carbonyl (C=O) groups is 2. The highest BCUT2D eigenvalue weighted by Crippen LogP contribution is 2.31. The number of rotatable bonds is 10. The smallest absolute Gasteiger partial charge is 0.243 e. The molecule has 0 unspecified atom stereocenters. The summed E-state index contributed by atoms with van der Waals surface area (Å²) in [5.41, 5.74) is 7.68. The third-order valence-electron chi connectivity index (χ3n) is 5.76. The third-order valence-corrected chi connectivity index (χ3v) is 5.76. The second kappa shape index (κ2) is 11.4. The van der Waals surface area contributed by atoms with Crippen molar-refractivity contribution in [3.8, 4) is 17.2 Å². The first-order chi connectivity index (χ1) is 17.5. The molecule has 0 aliphatic carbocycles. The molecule has 2 amide bonds. The zero-order chi connectivity index (χ0) is 25.5. The first kappa shape index (κ1) is 24.8. The predicted octanol–water partition coefficient (Wildman–Crippen LogP) is 4.31. The summed E-state index contributed by atoms with van der Waals surface area (Å²) in [6, 6.07) is 18.4. The monoisotopic (exact) mass is 493 g/mol. The normalized spacial score (nSPS) is 14.9. The van der Waals surface area contributed by atoms with Crippen LogP contribution in [-0.4, -0.2) is 32.1 Å². The SMILES string of the molecule is CCOc1ccc(N2C[C@@H](C(=O)NNc3ccc(OCc4ccc(F)cc4)c(OC)c3)CC2=O)cc1. The third kappa shape index (κ3) is 6.04. The maximum absolute atomic E-state index is 13.1. The van der Waals surface area contributed by atoms with Crippen molar-refractivity contribution in [1.29, 1.82) is 0 Å². The first-order valence-corrected chi connectivity index (χ1v) is 11.6. The van der Waals surface area contributed by atoms with Crippen LogP contribution in [0.2, 0.25) is 0 Å². The summed E-state index contributed by atoms with van der Waals surface area (Å²) in [6.07, 6.45) is 0.125. The number of hydrogen-bond donors (Lipinski definition) is 2. The van der Waals surface area contributed by atoms with Gasteiger partial charge in [0.1, 0.15) is 18.2 Å². The molecule has 0 radical (unpaired) electrons. The summed E-state index contributed by atoms with van der Waals surface area (Å²) in [5, 5.41) is 0. The van der Waals surface area contributed by atoms with Crippen LogP contribution in [0.4, 0.5) is 15.8 Å². The Balaban J connectivity index is 1.31. The molecule has 1 saturated heterocycles. The lowest BCUT2D eigenvalue weighted by Gasteiger charge is -2.18.